The first-order valence-corrected chi connectivity index (χ1v) is 7.08. The van der Waals surface area contributed by atoms with Crippen molar-refractivity contribution in [3.8, 4) is 0 Å². The van der Waals surface area contributed by atoms with Crippen molar-refractivity contribution in [2.45, 2.75) is 46.6 Å². The van der Waals surface area contributed by atoms with Gasteiger partial charge in [0.25, 0.3) is 0 Å². The molecule has 0 aliphatic rings. The van der Waals surface area contributed by atoms with Crippen LogP contribution in [0.4, 0.5) is 0 Å². The second-order valence-corrected chi connectivity index (χ2v) is 6.15. The van der Waals surface area contributed by atoms with Gasteiger partial charge < -0.3 is 9.73 Å². The van der Waals surface area contributed by atoms with Gasteiger partial charge in [0.2, 0.25) is 0 Å². The summed E-state index contributed by atoms with van der Waals surface area (Å²) in [4.78, 5) is 4.57. The Balaban J connectivity index is 2.15. The van der Waals surface area contributed by atoms with Crippen molar-refractivity contribution >= 4 is 11.1 Å². The summed E-state index contributed by atoms with van der Waals surface area (Å²) in [5.41, 5.74) is 2.01. The van der Waals surface area contributed by atoms with E-state index in [9.17, 15) is 0 Å². The Labute approximate surface area is 115 Å². The number of hydrogen-bond donors (Lipinski definition) is 1. The number of hydrogen-bond acceptors (Lipinski definition) is 3. The summed E-state index contributed by atoms with van der Waals surface area (Å²) >= 11 is 0. The summed E-state index contributed by atoms with van der Waals surface area (Å²) in [5.74, 6) is 0.824. The minimum absolute atomic E-state index is 0.190. The number of nitrogens with zero attached hydrogens (tertiary/aromatic N) is 1. The molecule has 0 bridgehead atoms. The molecule has 1 aromatic heterocycles. The van der Waals surface area contributed by atoms with Crippen LogP contribution in [0.1, 0.15) is 40.0 Å². The molecule has 0 radical (unpaired) electrons. The zero-order valence-electron chi connectivity index (χ0n) is 12.4. The topological polar surface area (TPSA) is 38.1 Å². The zero-order chi connectivity index (χ0) is 13.9. The van der Waals surface area contributed by atoms with E-state index >= 15 is 0 Å². The first kappa shape index (κ1) is 14.1. The van der Waals surface area contributed by atoms with Gasteiger partial charge in [-0.15, -0.1) is 0 Å². The fourth-order valence-electron chi connectivity index (χ4n) is 2.18. The molecule has 1 atom stereocenters. The summed E-state index contributed by atoms with van der Waals surface area (Å²) in [6.07, 6.45) is 1.97. The minimum atomic E-state index is 0.190. The quantitative estimate of drug-likeness (QED) is 0.889. The molecule has 0 saturated heterocycles. The Morgan fingerprint density at radius 2 is 2.00 bits per heavy atom. The number of nitrogens with one attached hydrogen (secondary N) is 1. The summed E-state index contributed by atoms with van der Waals surface area (Å²) < 4.78 is 5.82. The molecule has 2 rings (SSSR count). The molecule has 3 heteroatoms. The predicted molar refractivity (Wildman–Crippen MR) is 79.2 cm³/mol. The average molecular weight is 260 g/mol. The molecule has 1 N–H and O–H groups in total. The third-order valence-corrected chi connectivity index (χ3v) is 3.40. The number of rotatable bonds is 5. The van der Waals surface area contributed by atoms with Crippen molar-refractivity contribution in [3.05, 3.63) is 30.2 Å². The molecular formula is C16H24N2O. The maximum atomic E-state index is 5.82. The van der Waals surface area contributed by atoms with E-state index in [4.69, 9.17) is 4.42 Å². The van der Waals surface area contributed by atoms with Gasteiger partial charge in [0.05, 0.1) is 0 Å². The van der Waals surface area contributed by atoms with Crippen LogP contribution in [0, 0.1) is 5.41 Å². The Hall–Kier alpha value is -1.35. The number of fused-ring (bicyclic) bond motifs is 1. The van der Waals surface area contributed by atoms with Crippen LogP contribution >= 0.6 is 0 Å². The SMILES string of the molecule is CCCNC(Cc1nc2ccccc2o1)C(C)(C)C. The second kappa shape index (κ2) is 5.74. The fraction of sp³-hybridized carbons (Fsp3) is 0.562. The van der Waals surface area contributed by atoms with Gasteiger partial charge >= 0.3 is 0 Å². The molecule has 0 saturated carbocycles. The Morgan fingerprint density at radius 1 is 1.26 bits per heavy atom. The molecule has 19 heavy (non-hydrogen) atoms. The number of para-hydroxylation sites is 2. The van der Waals surface area contributed by atoms with Crippen LogP contribution in [0.2, 0.25) is 0 Å². The van der Waals surface area contributed by atoms with Gasteiger partial charge in [-0.1, -0.05) is 39.8 Å². The normalized spacial score (nSPS) is 13.9. The van der Waals surface area contributed by atoms with Crippen LogP contribution in [0.15, 0.2) is 28.7 Å². The van der Waals surface area contributed by atoms with Crippen LogP contribution in [0.5, 0.6) is 0 Å². The zero-order valence-corrected chi connectivity index (χ0v) is 12.4. The van der Waals surface area contributed by atoms with Gasteiger partial charge in [-0.25, -0.2) is 4.98 Å². The van der Waals surface area contributed by atoms with Gasteiger partial charge in [0, 0.05) is 12.5 Å². The van der Waals surface area contributed by atoms with Crippen molar-refractivity contribution in [2.24, 2.45) is 5.41 Å². The highest BCUT2D eigenvalue weighted by Gasteiger charge is 2.25. The smallest absolute Gasteiger partial charge is 0.197 e. The summed E-state index contributed by atoms with van der Waals surface area (Å²) in [7, 11) is 0. The van der Waals surface area contributed by atoms with Crippen LogP contribution in [0.3, 0.4) is 0 Å². The lowest BCUT2D eigenvalue weighted by Crippen LogP contribution is -2.42. The van der Waals surface area contributed by atoms with E-state index in [-0.39, 0.29) is 5.41 Å². The molecular weight excluding hydrogens is 236 g/mol. The van der Waals surface area contributed by atoms with Gasteiger partial charge in [-0.05, 0) is 30.5 Å². The Bertz CT molecular complexity index is 492. The van der Waals surface area contributed by atoms with Crippen molar-refractivity contribution in [1.82, 2.24) is 10.3 Å². The average Bonchev–Trinajstić information content (AvgIpc) is 2.75. The van der Waals surface area contributed by atoms with E-state index < -0.39 is 0 Å². The summed E-state index contributed by atoms with van der Waals surface area (Å²) in [6.45, 7) is 9.98. The number of benzene rings is 1. The Kier molecular flexibility index (Phi) is 4.25. The van der Waals surface area contributed by atoms with Crippen LogP contribution < -0.4 is 5.32 Å². The van der Waals surface area contributed by atoms with Crippen LogP contribution in [-0.4, -0.2) is 17.6 Å². The maximum absolute atomic E-state index is 5.82. The molecule has 1 unspecified atom stereocenters. The first-order chi connectivity index (χ1) is 9.00. The van der Waals surface area contributed by atoms with Crippen molar-refractivity contribution < 1.29 is 4.42 Å². The molecule has 104 valence electrons. The van der Waals surface area contributed by atoms with Crippen molar-refractivity contribution in [3.63, 3.8) is 0 Å². The van der Waals surface area contributed by atoms with Gasteiger partial charge in [0.1, 0.15) is 5.52 Å². The molecule has 0 fully saturated rings. The van der Waals surface area contributed by atoms with E-state index in [0.29, 0.717) is 6.04 Å². The lowest BCUT2D eigenvalue weighted by Gasteiger charge is -2.30. The highest BCUT2D eigenvalue weighted by Crippen LogP contribution is 2.24. The van der Waals surface area contributed by atoms with Gasteiger partial charge in [0.15, 0.2) is 11.5 Å². The highest BCUT2D eigenvalue weighted by atomic mass is 16.3. The third kappa shape index (κ3) is 3.57. The Morgan fingerprint density at radius 3 is 2.63 bits per heavy atom. The first-order valence-electron chi connectivity index (χ1n) is 7.08. The fourth-order valence-corrected chi connectivity index (χ4v) is 2.18. The van der Waals surface area contributed by atoms with E-state index in [0.717, 1.165) is 36.4 Å². The van der Waals surface area contributed by atoms with E-state index in [1.807, 2.05) is 24.3 Å². The highest BCUT2D eigenvalue weighted by molar-refractivity contribution is 5.72. The largest absolute Gasteiger partial charge is 0.441 e. The molecule has 0 aliphatic carbocycles. The lowest BCUT2D eigenvalue weighted by atomic mass is 9.84. The van der Waals surface area contributed by atoms with Crippen LogP contribution in [0.25, 0.3) is 11.1 Å². The maximum Gasteiger partial charge on any atom is 0.197 e. The van der Waals surface area contributed by atoms with Gasteiger partial charge in [-0.3, -0.25) is 0 Å². The van der Waals surface area contributed by atoms with Crippen molar-refractivity contribution in [1.29, 1.82) is 0 Å². The molecule has 2 aromatic rings. The molecule has 0 amide bonds. The third-order valence-electron chi connectivity index (χ3n) is 3.40. The number of aromatic nitrogens is 1. The summed E-state index contributed by atoms with van der Waals surface area (Å²) in [6, 6.07) is 8.31. The standard InChI is InChI=1S/C16H24N2O/c1-5-10-17-14(16(2,3)4)11-15-18-12-8-6-7-9-13(12)19-15/h6-9,14,17H,5,10-11H2,1-4H3. The molecule has 1 aromatic carbocycles. The monoisotopic (exact) mass is 260 g/mol. The molecule has 1 heterocycles. The summed E-state index contributed by atoms with van der Waals surface area (Å²) in [5, 5.41) is 3.60. The molecule has 0 spiro atoms. The minimum Gasteiger partial charge on any atom is -0.441 e. The predicted octanol–water partition coefficient (Wildman–Crippen LogP) is 3.78. The van der Waals surface area contributed by atoms with E-state index in [1.54, 1.807) is 0 Å². The van der Waals surface area contributed by atoms with Gasteiger partial charge in [-0.2, -0.15) is 0 Å². The lowest BCUT2D eigenvalue weighted by molar-refractivity contribution is 0.254. The van der Waals surface area contributed by atoms with E-state index in [2.05, 4.69) is 38.0 Å². The number of oxazole rings is 1. The molecule has 0 aliphatic heterocycles. The van der Waals surface area contributed by atoms with Crippen molar-refractivity contribution in [2.75, 3.05) is 6.54 Å². The molecule has 3 nitrogen and oxygen atoms in total. The van der Waals surface area contributed by atoms with E-state index in [1.165, 1.54) is 0 Å². The second-order valence-electron chi connectivity index (χ2n) is 6.15. The van der Waals surface area contributed by atoms with Crippen LogP contribution in [-0.2, 0) is 6.42 Å².